The maximum atomic E-state index is 7.56. The van der Waals surface area contributed by atoms with Gasteiger partial charge in [0.2, 0.25) is 0 Å². The quantitative estimate of drug-likeness (QED) is 0.266. The molecule has 0 atom stereocenters. The zero-order chi connectivity index (χ0) is 17.5. The first kappa shape index (κ1) is 27.9. The van der Waals surface area contributed by atoms with Crippen LogP contribution in [0.2, 0.25) is 0 Å². The van der Waals surface area contributed by atoms with Gasteiger partial charge in [-0.1, -0.05) is 72.8 Å². The van der Waals surface area contributed by atoms with E-state index >= 15 is 0 Å². The van der Waals surface area contributed by atoms with E-state index in [-0.39, 0.29) is 19.5 Å². The predicted octanol–water partition coefficient (Wildman–Crippen LogP) is 1.75. The largest absolute Gasteiger partial charge is 0.325 e. The monoisotopic (exact) mass is 448 g/mol. The summed E-state index contributed by atoms with van der Waals surface area (Å²) in [6.07, 6.45) is 0. The smallest absolute Gasteiger partial charge is 0.319 e. The van der Waals surface area contributed by atoms with Crippen LogP contribution in [0, 0.1) is 0 Å². The van der Waals surface area contributed by atoms with Crippen molar-refractivity contribution in [2.75, 3.05) is 0 Å². The van der Waals surface area contributed by atoms with Crippen molar-refractivity contribution in [1.29, 1.82) is 0 Å². The van der Waals surface area contributed by atoms with Gasteiger partial charge in [-0.2, -0.15) is 0 Å². The van der Waals surface area contributed by atoms with Crippen LogP contribution in [0.15, 0.2) is 72.8 Å². The van der Waals surface area contributed by atoms with Crippen molar-refractivity contribution < 1.29 is 48.8 Å². The average molecular weight is 450 g/mol. The Hall–Kier alpha value is 0.123. The third-order valence-electron chi connectivity index (χ3n) is 1.33. The summed E-state index contributed by atoms with van der Waals surface area (Å²) in [5.74, 6) is 0. The Balaban J connectivity index is -0.000000230. The molecule has 6 N–H and O–H groups in total. The minimum absolute atomic E-state index is 0. The van der Waals surface area contributed by atoms with Gasteiger partial charge < -0.3 is 29.4 Å². The first-order valence-electron chi connectivity index (χ1n) is 5.57. The van der Waals surface area contributed by atoms with Crippen molar-refractivity contribution >= 4 is 37.1 Å². The molecule has 0 spiro atoms. The van der Waals surface area contributed by atoms with Gasteiger partial charge in [0.1, 0.15) is 0 Å². The molecular formula is C12H18O6P2S2Zn. The van der Waals surface area contributed by atoms with Crippen molar-refractivity contribution in [1.82, 2.24) is 0 Å². The van der Waals surface area contributed by atoms with Gasteiger partial charge in [0, 0.05) is 19.5 Å². The number of benzene rings is 2. The summed E-state index contributed by atoms with van der Waals surface area (Å²) in [4.78, 5) is 45.3. The van der Waals surface area contributed by atoms with Gasteiger partial charge in [-0.15, -0.1) is 0 Å². The van der Waals surface area contributed by atoms with Gasteiger partial charge >= 0.3 is 13.4 Å². The molecule has 0 saturated carbocycles. The Morgan fingerprint density at radius 1 is 0.391 bits per heavy atom. The van der Waals surface area contributed by atoms with Gasteiger partial charge in [0.25, 0.3) is 0 Å². The fourth-order valence-corrected chi connectivity index (χ4v) is 0.770. The van der Waals surface area contributed by atoms with Crippen LogP contribution in [-0.2, 0) is 43.1 Å². The van der Waals surface area contributed by atoms with E-state index in [1.165, 1.54) is 0 Å². The molecule has 0 aliphatic carbocycles. The standard InChI is InChI=1S/2C6H6.2H3O3PS.Zn/c2*1-2-4-6-5-3-1;2*1-4(2,3)5;/h2*1-6H;2*(H3,1,2,3,5);. The van der Waals surface area contributed by atoms with E-state index in [4.69, 9.17) is 29.4 Å². The third kappa shape index (κ3) is 61.0. The van der Waals surface area contributed by atoms with Crippen LogP contribution in [0.1, 0.15) is 0 Å². The number of hydrogen-bond donors (Lipinski definition) is 6. The summed E-state index contributed by atoms with van der Waals surface area (Å²) in [5, 5.41) is 0. The summed E-state index contributed by atoms with van der Waals surface area (Å²) in [5.41, 5.74) is 0. The minimum Gasteiger partial charge on any atom is -0.325 e. The van der Waals surface area contributed by atoms with E-state index in [2.05, 4.69) is 23.6 Å². The summed E-state index contributed by atoms with van der Waals surface area (Å²) in [6.45, 7) is -7.61. The normalized spacial score (nSPS) is 9.30. The van der Waals surface area contributed by atoms with Crippen molar-refractivity contribution in [2.24, 2.45) is 0 Å². The molecule has 0 bridgehead atoms. The maximum Gasteiger partial charge on any atom is 0.319 e. The molecule has 126 valence electrons. The molecule has 0 aliphatic rings. The van der Waals surface area contributed by atoms with Crippen molar-refractivity contribution in [3.05, 3.63) is 72.8 Å². The molecule has 2 rings (SSSR count). The summed E-state index contributed by atoms with van der Waals surface area (Å²) < 4.78 is 0. The van der Waals surface area contributed by atoms with Crippen LogP contribution in [0.4, 0.5) is 0 Å². The number of hydrogen-bond acceptors (Lipinski definition) is 2. The second-order valence-corrected chi connectivity index (χ2v) is 8.33. The zero-order valence-corrected chi connectivity index (χ0v) is 18.4. The van der Waals surface area contributed by atoms with Gasteiger partial charge in [-0.05, 0) is 23.6 Å². The van der Waals surface area contributed by atoms with Crippen molar-refractivity contribution in [2.45, 2.75) is 0 Å². The molecule has 0 radical (unpaired) electrons. The van der Waals surface area contributed by atoms with E-state index in [1.54, 1.807) is 0 Å². The summed E-state index contributed by atoms with van der Waals surface area (Å²) in [7, 11) is 0. The minimum atomic E-state index is -3.81. The molecule has 0 fully saturated rings. The second kappa shape index (κ2) is 17.0. The summed E-state index contributed by atoms with van der Waals surface area (Å²) >= 11 is 7.21. The zero-order valence-electron chi connectivity index (χ0n) is 12.0. The van der Waals surface area contributed by atoms with Gasteiger partial charge in [0.15, 0.2) is 0 Å². The molecule has 2 aromatic carbocycles. The second-order valence-electron chi connectivity index (χ2n) is 3.34. The van der Waals surface area contributed by atoms with Crippen LogP contribution in [0.3, 0.4) is 0 Å². The molecule has 0 aliphatic heterocycles. The molecule has 0 unspecified atom stereocenters. The Kier molecular flexibility index (Phi) is 20.6. The van der Waals surface area contributed by atoms with Gasteiger partial charge in [0.05, 0.1) is 0 Å². The van der Waals surface area contributed by atoms with E-state index in [0.29, 0.717) is 0 Å². The molecule has 2 aromatic rings. The third-order valence-corrected chi connectivity index (χ3v) is 1.33. The van der Waals surface area contributed by atoms with E-state index < -0.39 is 13.4 Å². The van der Waals surface area contributed by atoms with Crippen LogP contribution in [-0.4, -0.2) is 29.4 Å². The van der Waals surface area contributed by atoms with E-state index in [9.17, 15) is 0 Å². The Morgan fingerprint density at radius 3 is 0.478 bits per heavy atom. The Labute approximate surface area is 158 Å². The summed E-state index contributed by atoms with van der Waals surface area (Å²) in [6, 6.07) is 24.0. The first-order chi connectivity index (χ1) is 10.0. The number of rotatable bonds is 0. The van der Waals surface area contributed by atoms with Crippen LogP contribution >= 0.6 is 13.4 Å². The molecule has 0 amide bonds. The van der Waals surface area contributed by atoms with E-state index in [0.717, 1.165) is 0 Å². The molecule has 23 heavy (non-hydrogen) atoms. The fourth-order valence-electron chi connectivity index (χ4n) is 0.770. The molecule has 0 heterocycles. The van der Waals surface area contributed by atoms with Gasteiger partial charge in [-0.3, -0.25) is 0 Å². The molecule has 6 nitrogen and oxygen atoms in total. The molecule has 0 saturated heterocycles. The topological polar surface area (TPSA) is 121 Å². The molecular weight excluding hydrogens is 432 g/mol. The van der Waals surface area contributed by atoms with Crippen LogP contribution in [0.25, 0.3) is 0 Å². The predicted molar refractivity (Wildman–Crippen MR) is 94.8 cm³/mol. The fraction of sp³-hybridized carbons (Fsp3) is 0. The molecule has 11 heteroatoms. The van der Waals surface area contributed by atoms with E-state index in [1.807, 2.05) is 72.8 Å². The Bertz CT molecular complexity index is 429. The maximum absolute atomic E-state index is 7.56. The van der Waals surface area contributed by atoms with Crippen molar-refractivity contribution in [3.63, 3.8) is 0 Å². The van der Waals surface area contributed by atoms with Crippen LogP contribution in [0.5, 0.6) is 0 Å². The molecule has 0 aromatic heterocycles. The Morgan fingerprint density at radius 2 is 0.435 bits per heavy atom. The van der Waals surface area contributed by atoms with Crippen LogP contribution < -0.4 is 0 Å². The van der Waals surface area contributed by atoms with Crippen molar-refractivity contribution in [3.8, 4) is 0 Å². The first-order valence-corrected chi connectivity index (χ1v) is 10.9. The van der Waals surface area contributed by atoms with Gasteiger partial charge in [-0.25, -0.2) is 0 Å². The SMILES string of the molecule is OP(O)(O)=S.OP(O)(O)=S.[Zn].c1ccccc1.c1ccccc1. The average Bonchev–Trinajstić information content (AvgIpc) is 2.40.